The fourth-order valence-electron chi connectivity index (χ4n) is 2.98. The molecule has 0 aliphatic rings. The highest BCUT2D eigenvalue weighted by atomic mass is 19.1. The second-order valence-corrected chi connectivity index (χ2v) is 8.02. The number of oxazole rings is 1. The number of hydrogen-bond acceptors (Lipinski definition) is 5. The molecule has 0 fully saturated rings. The van der Waals surface area contributed by atoms with Gasteiger partial charge < -0.3 is 14.5 Å². The van der Waals surface area contributed by atoms with Crippen LogP contribution in [0.1, 0.15) is 26.3 Å². The predicted molar refractivity (Wildman–Crippen MR) is 109 cm³/mol. The Morgan fingerprint density at radius 1 is 1.27 bits per heavy atom. The largest absolute Gasteiger partial charge is 0.430 e. The first-order valence-corrected chi connectivity index (χ1v) is 9.34. The van der Waals surface area contributed by atoms with E-state index in [9.17, 15) is 19.2 Å². The lowest BCUT2D eigenvalue weighted by molar-refractivity contribution is 0.114. The minimum Gasteiger partial charge on any atom is -0.430 e. The minimum atomic E-state index is -1.12. The van der Waals surface area contributed by atoms with Gasteiger partial charge in [-0.25, -0.2) is 14.0 Å². The number of carbonyl (C=O) groups excluding carboxylic acids is 1. The molecule has 7 nitrogen and oxygen atoms in total. The zero-order chi connectivity index (χ0) is 22.1. The second-order valence-electron chi connectivity index (χ2n) is 8.02. The van der Waals surface area contributed by atoms with Crippen molar-refractivity contribution in [2.24, 2.45) is 7.05 Å². The van der Waals surface area contributed by atoms with Gasteiger partial charge in [-0.2, -0.15) is 5.26 Å². The quantitative estimate of drug-likeness (QED) is 0.702. The van der Waals surface area contributed by atoms with Crippen molar-refractivity contribution < 1.29 is 18.3 Å². The zero-order valence-electron chi connectivity index (χ0n) is 17.2. The number of aryl methyl sites for hydroxylation is 1. The number of ether oxygens (including phenoxy) is 1. The molecule has 156 valence electrons. The second kappa shape index (κ2) is 8.03. The monoisotopic (exact) mass is 411 g/mol. The van der Waals surface area contributed by atoms with Gasteiger partial charge in [-0.3, -0.25) is 4.57 Å². The van der Waals surface area contributed by atoms with Crippen molar-refractivity contribution in [3.8, 4) is 17.2 Å². The number of nitriles is 1. The van der Waals surface area contributed by atoms with Crippen LogP contribution in [0.2, 0.25) is 0 Å². The maximum absolute atomic E-state index is 14.7. The Morgan fingerprint density at radius 2 is 1.93 bits per heavy atom. The number of fused-ring (bicyclic) bond motifs is 1. The number of benzene rings is 2. The van der Waals surface area contributed by atoms with Crippen LogP contribution in [-0.4, -0.2) is 22.3 Å². The molecule has 1 heterocycles. The summed E-state index contributed by atoms with van der Waals surface area (Å²) in [5, 5.41) is 11.9. The van der Waals surface area contributed by atoms with Crippen molar-refractivity contribution in [2.75, 3.05) is 0 Å². The van der Waals surface area contributed by atoms with E-state index in [1.165, 1.54) is 10.6 Å². The lowest BCUT2D eigenvalue weighted by Crippen LogP contribution is -2.42. The summed E-state index contributed by atoms with van der Waals surface area (Å²) in [6.07, 6.45) is -1.93. The number of nitrogens with one attached hydrogen (secondary N) is 1. The minimum absolute atomic E-state index is 0.0740. The van der Waals surface area contributed by atoms with Gasteiger partial charge in [0.1, 0.15) is 11.9 Å². The Bertz CT molecular complexity index is 1200. The lowest BCUT2D eigenvalue weighted by atomic mass is 10.0. The van der Waals surface area contributed by atoms with Crippen LogP contribution >= 0.6 is 0 Å². The maximum Gasteiger partial charge on any atom is 0.419 e. The van der Waals surface area contributed by atoms with Gasteiger partial charge in [-0.05, 0) is 55.7 Å². The molecule has 0 saturated carbocycles. The molecule has 0 aliphatic heterocycles. The van der Waals surface area contributed by atoms with Crippen molar-refractivity contribution in [2.45, 2.75) is 38.8 Å². The summed E-state index contributed by atoms with van der Waals surface area (Å²) in [6.45, 7) is 5.35. The van der Waals surface area contributed by atoms with Crippen molar-refractivity contribution in [1.82, 2.24) is 9.88 Å². The number of alkyl carbamates (subject to hydrolysis) is 1. The van der Waals surface area contributed by atoms with E-state index in [4.69, 9.17) is 9.15 Å². The Kier molecular flexibility index (Phi) is 5.65. The number of hydrogen-bond donors (Lipinski definition) is 1. The standard InChI is InChI=1S/C22H22FN3O4/c1-22(2,3)25-20(27)29-16(12-24)9-15-6-5-13(10-17(15)23)14-7-8-19-18(11-14)26(4)21(28)30-19/h5-8,10-11,16H,9H2,1-4H3,(H,25,27)/t16-/m0/s1. The highest BCUT2D eigenvalue weighted by Gasteiger charge is 2.20. The molecule has 3 aromatic rings. The molecule has 0 unspecified atom stereocenters. The van der Waals surface area contributed by atoms with Crippen LogP contribution in [-0.2, 0) is 18.2 Å². The Balaban J connectivity index is 1.79. The summed E-state index contributed by atoms with van der Waals surface area (Å²) < 4.78 is 26.3. The first-order chi connectivity index (χ1) is 14.1. The maximum atomic E-state index is 14.7. The van der Waals surface area contributed by atoms with Crippen LogP contribution in [0.4, 0.5) is 9.18 Å². The van der Waals surface area contributed by atoms with E-state index >= 15 is 0 Å². The average molecular weight is 411 g/mol. The van der Waals surface area contributed by atoms with Gasteiger partial charge in [0, 0.05) is 19.0 Å². The molecule has 0 spiro atoms. The van der Waals surface area contributed by atoms with Crippen LogP contribution < -0.4 is 11.1 Å². The van der Waals surface area contributed by atoms with Gasteiger partial charge in [-0.1, -0.05) is 18.2 Å². The van der Waals surface area contributed by atoms with Gasteiger partial charge in [0.05, 0.1) is 5.52 Å². The van der Waals surface area contributed by atoms with Crippen LogP contribution in [0.15, 0.2) is 45.6 Å². The van der Waals surface area contributed by atoms with Gasteiger partial charge in [0.15, 0.2) is 11.7 Å². The molecule has 0 saturated heterocycles. The third kappa shape index (κ3) is 4.69. The van der Waals surface area contributed by atoms with Gasteiger partial charge >= 0.3 is 11.8 Å². The number of halogens is 1. The number of amides is 1. The number of rotatable bonds is 4. The fourth-order valence-corrected chi connectivity index (χ4v) is 2.98. The van der Waals surface area contributed by atoms with Crippen molar-refractivity contribution in [3.05, 3.63) is 58.3 Å². The predicted octanol–water partition coefficient (Wildman–Crippen LogP) is 3.90. The third-order valence-electron chi connectivity index (χ3n) is 4.45. The number of nitrogens with zero attached hydrogens (tertiary/aromatic N) is 2. The van der Waals surface area contributed by atoms with Crippen LogP contribution in [0, 0.1) is 17.1 Å². The molecule has 2 aromatic carbocycles. The highest BCUT2D eigenvalue weighted by Crippen LogP contribution is 2.26. The zero-order valence-corrected chi connectivity index (χ0v) is 17.2. The molecular formula is C22H22FN3O4. The third-order valence-corrected chi connectivity index (χ3v) is 4.45. The molecule has 1 aromatic heterocycles. The van der Waals surface area contributed by atoms with Gasteiger partial charge in [0.2, 0.25) is 0 Å². The van der Waals surface area contributed by atoms with Crippen LogP contribution in [0.3, 0.4) is 0 Å². The molecule has 1 amide bonds. The summed E-state index contributed by atoms with van der Waals surface area (Å²) in [6, 6.07) is 11.6. The molecule has 0 radical (unpaired) electrons. The van der Waals surface area contributed by atoms with E-state index in [2.05, 4.69) is 5.32 Å². The molecule has 1 N–H and O–H groups in total. The molecule has 3 rings (SSSR count). The normalized spacial score (nSPS) is 12.4. The molecule has 0 bridgehead atoms. The van der Waals surface area contributed by atoms with E-state index in [0.717, 1.165) is 0 Å². The summed E-state index contributed by atoms with van der Waals surface area (Å²) >= 11 is 0. The summed E-state index contributed by atoms with van der Waals surface area (Å²) in [5.41, 5.74) is 2.11. The van der Waals surface area contributed by atoms with Crippen molar-refractivity contribution >= 4 is 17.2 Å². The Morgan fingerprint density at radius 3 is 2.57 bits per heavy atom. The average Bonchev–Trinajstić information content (AvgIpc) is 2.94. The van der Waals surface area contributed by atoms with E-state index in [1.807, 2.05) is 6.07 Å². The topological polar surface area (TPSA) is 97.3 Å². The Hall–Kier alpha value is -3.60. The van der Waals surface area contributed by atoms with Crippen molar-refractivity contribution in [3.63, 3.8) is 0 Å². The summed E-state index contributed by atoms with van der Waals surface area (Å²) in [4.78, 5) is 23.5. The first-order valence-electron chi connectivity index (χ1n) is 9.34. The molecular weight excluding hydrogens is 389 g/mol. The van der Waals surface area contributed by atoms with Crippen LogP contribution in [0.5, 0.6) is 0 Å². The van der Waals surface area contributed by atoms with Gasteiger partial charge in [0.25, 0.3) is 0 Å². The van der Waals surface area contributed by atoms with E-state index in [0.29, 0.717) is 22.2 Å². The molecule has 1 atom stereocenters. The molecule has 30 heavy (non-hydrogen) atoms. The SMILES string of the molecule is Cn1c(=O)oc2ccc(-c3ccc(C[C@@H](C#N)OC(=O)NC(C)(C)C)c(F)c3)cc21. The molecule has 0 aliphatic carbocycles. The number of aromatic nitrogens is 1. The highest BCUT2D eigenvalue weighted by molar-refractivity contribution is 5.80. The smallest absolute Gasteiger partial charge is 0.419 e. The lowest BCUT2D eigenvalue weighted by Gasteiger charge is -2.21. The number of carbonyl (C=O) groups is 1. The fraction of sp³-hybridized carbons (Fsp3) is 0.318. The van der Waals surface area contributed by atoms with Crippen molar-refractivity contribution in [1.29, 1.82) is 5.26 Å². The summed E-state index contributed by atoms with van der Waals surface area (Å²) in [7, 11) is 1.60. The first kappa shape index (κ1) is 21.1. The summed E-state index contributed by atoms with van der Waals surface area (Å²) in [5.74, 6) is -0.990. The van der Waals surface area contributed by atoms with E-state index in [-0.39, 0.29) is 12.0 Å². The van der Waals surface area contributed by atoms with Crippen LogP contribution in [0.25, 0.3) is 22.2 Å². The Labute approximate surface area is 172 Å². The van der Waals surface area contributed by atoms with E-state index < -0.39 is 29.3 Å². The molecule has 8 heteroatoms. The van der Waals surface area contributed by atoms with E-state index in [1.54, 1.807) is 58.2 Å². The van der Waals surface area contributed by atoms with Gasteiger partial charge in [-0.15, -0.1) is 0 Å².